The minimum absolute atomic E-state index is 0.566. The van der Waals surface area contributed by atoms with Crippen molar-refractivity contribution in [3.05, 3.63) is 0 Å². The van der Waals surface area contributed by atoms with Gasteiger partial charge in [-0.25, -0.2) is 0 Å². The van der Waals surface area contributed by atoms with Crippen molar-refractivity contribution in [2.45, 2.75) is 45.4 Å². The average Bonchev–Trinajstić information content (AvgIpc) is 2.41. The number of methoxy groups -OCH3 is 1. The van der Waals surface area contributed by atoms with Crippen LogP contribution in [0.5, 0.6) is 0 Å². The fraction of sp³-hybridized carbons (Fsp3) is 0.929. The van der Waals surface area contributed by atoms with Crippen molar-refractivity contribution in [3.8, 4) is 0 Å². The van der Waals surface area contributed by atoms with E-state index in [1.807, 2.05) is 0 Å². The van der Waals surface area contributed by atoms with Gasteiger partial charge >= 0.3 is 0 Å². The van der Waals surface area contributed by atoms with Gasteiger partial charge in [0.15, 0.2) is 5.96 Å². The van der Waals surface area contributed by atoms with Crippen LogP contribution in [0.2, 0.25) is 0 Å². The SMILES string of the molecule is CCCCCCN=C(N)NCCCCOCCOC. The average molecular weight is 273 g/mol. The van der Waals surface area contributed by atoms with E-state index in [2.05, 4.69) is 17.2 Å². The zero-order valence-corrected chi connectivity index (χ0v) is 12.6. The van der Waals surface area contributed by atoms with Crippen LogP contribution in [-0.4, -0.2) is 46.0 Å². The topological polar surface area (TPSA) is 68.9 Å². The number of nitrogens with one attached hydrogen (secondary N) is 1. The van der Waals surface area contributed by atoms with E-state index in [1.54, 1.807) is 7.11 Å². The Balaban J connectivity index is 3.23. The maximum Gasteiger partial charge on any atom is 0.188 e. The van der Waals surface area contributed by atoms with Crippen molar-refractivity contribution in [1.82, 2.24) is 5.32 Å². The van der Waals surface area contributed by atoms with Gasteiger partial charge in [0.1, 0.15) is 0 Å². The van der Waals surface area contributed by atoms with Crippen LogP contribution < -0.4 is 11.1 Å². The van der Waals surface area contributed by atoms with Crippen LogP contribution in [0, 0.1) is 0 Å². The van der Waals surface area contributed by atoms with Crippen molar-refractivity contribution in [2.75, 3.05) is 40.0 Å². The first-order valence-corrected chi connectivity index (χ1v) is 7.41. The maximum atomic E-state index is 5.76. The van der Waals surface area contributed by atoms with Gasteiger partial charge in [-0.15, -0.1) is 0 Å². The Kier molecular flexibility index (Phi) is 14.6. The lowest BCUT2D eigenvalue weighted by Gasteiger charge is -2.06. The molecule has 0 aromatic carbocycles. The molecule has 0 heterocycles. The van der Waals surface area contributed by atoms with E-state index in [9.17, 15) is 0 Å². The molecule has 0 radical (unpaired) electrons. The Morgan fingerprint density at radius 1 is 1.05 bits per heavy atom. The summed E-state index contributed by atoms with van der Waals surface area (Å²) in [6.45, 7) is 6.01. The number of aliphatic imine (C=N–C) groups is 1. The zero-order chi connectivity index (χ0) is 14.2. The van der Waals surface area contributed by atoms with E-state index < -0.39 is 0 Å². The van der Waals surface area contributed by atoms with Gasteiger partial charge in [-0.05, 0) is 19.3 Å². The monoisotopic (exact) mass is 273 g/mol. The molecule has 0 aliphatic rings. The van der Waals surface area contributed by atoms with E-state index in [-0.39, 0.29) is 0 Å². The first kappa shape index (κ1) is 18.2. The summed E-state index contributed by atoms with van der Waals surface area (Å²) in [5, 5.41) is 3.12. The van der Waals surface area contributed by atoms with E-state index in [0.717, 1.165) is 39.0 Å². The molecule has 0 atom stereocenters. The molecule has 0 spiro atoms. The number of guanidine groups is 1. The number of hydrogen-bond donors (Lipinski definition) is 2. The maximum absolute atomic E-state index is 5.76. The summed E-state index contributed by atoms with van der Waals surface area (Å²) in [5.74, 6) is 0.566. The van der Waals surface area contributed by atoms with Crippen molar-refractivity contribution in [1.29, 1.82) is 0 Å². The van der Waals surface area contributed by atoms with Crippen molar-refractivity contribution in [3.63, 3.8) is 0 Å². The smallest absolute Gasteiger partial charge is 0.188 e. The number of rotatable bonds is 13. The highest BCUT2D eigenvalue weighted by Gasteiger charge is 1.93. The molecule has 0 unspecified atom stereocenters. The molecule has 0 aromatic heterocycles. The second kappa shape index (κ2) is 15.2. The molecule has 5 nitrogen and oxygen atoms in total. The first-order valence-electron chi connectivity index (χ1n) is 7.41. The first-order chi connectivity index (χ1) is 9.31. The highest BCUT2D eigenvalue weighted by atomic mass is 16.5. The van der Waals surface area contributed by atoms with Gasteiger partial charge in [0.2, 0.25) is 0 Å². The molecule has 114 valence electrons. The standard InChI is InChI=1S/C14H31N3O2/c1-3-4-5-6-9-16-14(15)17-10-7-8-11-19-13-12-18-2/h3-13H2,1-2H3,(H3,15,16,17). The summed E-state index contributed by atoms with van der Waals surface area (Å²) in [4.78, 5) is 4.29. The largest absolute Gasteiger partial charge is 0.382 e. The number of nitrogens with two attached hydrogens (primary N) is 1. The summed E-state index contributed by atoms with van der Waals surface area (Å²) in [6.07, 6.45) is 6.98. The molecular weight excluding hydrogens is 242 g/mol. The van der Waals surface area contributed by atoms with Crippen LogP contribution in [0.1, 0.15) is 45.4 Å². The second-order valence-electron chi connectivity index (χ2n) is 4.57. The van der Waals surface area contributed by atoms with Crippen LogP contribution in [-0.2, 0) is 9.47 Å². The van der Waals surface area contributed by atoms with Crippen molar-refractivity contribution in [2.24, 2.45) is 10.7 Å². The molecule has 0 fully saturated rings. The van der Waals surface area contributed by atoms with Gasteiger partial charge in [-0.3, -0.25) is 4.99 Å². The third kappa shape index (κ3) is 15.1. The third-order valence-corrected chi connectivity index (χ3v) is 2.75. The fourth-order valence-electron chi connectivity index (χ4n) is 1.58. The van der Waals surface area contributed by atoms with Crippen molar-refractivity contribution < 1.29 is 9.47 Å². The molecule has 5 heteroatoms. The van der Waals surface area contributed by atoms with Gasteiger partial charge in [-0.1, -0.05) is 26.2 Å². The summed E-state index contributed by atoms with van der Waals surface area (Å²) >= 11 is 0. The lowest BCUT2D eigenvalue weighted by atomic mass is 10.2. The van der Waals surface area contributed by atoms with Crippen molar-refractivity contribution >= 4 is 5.96 Å². The zero-order valence-electron chi connectivity index (χ0n) is 12.6. The summed E-state index contributed by atoms with van der Waals surface area (Å²) in [6, 6.07) is 0. The van der Waals surface area contributed by atoms with E-state index >= 15 is 0 Å². The molecule has 19 heavy (non-hydrogen) atoms. The summed E-state index contributed by atoms with van der Waals surface area (Å²) in [7, 11) is 1.68. The van der Waals surface area contributed by atoms with Crippen LogP contribution in [0.4, 0.5) is 0 Å². The Labute approximate surface area is 117 Å². The Morgan fingerprint density at radius 2 is 1.89 bits per heavy atom. The lowest BCUT2D eigenvalue weighted by Crippen LogP contribution is -2.32. The predicted molar refractivity (Wildman–Crippen MR) is 80.6 cm³/mol. The third-order valence-electron chi connectivity index (χ3n) is 2.75. The molecule has 0 aromatic rings. The molecule has 3 N–H and O–H groups in total. The predicted octanol–water partition coefficient (Wildman–Crippen LogP) is 1.91. The van der Waals surface area contributed by atoms with E-state index in [1.165, 1.54) is 19.3 Å². The molecule has 0 saturated carbocycles. The molecule has 0 aliphatic carbocycles. The minimum Gasteiger partial charge on any atom is -0.382 e. The molecule has 0 saturated heterocycles. The molecule has 0 amide bonds. The van der Waals surface area contributed by atoms with Gasteiger partial charge in [0.05, 0.1) is 13.2 Å². The van der Waals surface area contributed by atoms with Crippen LogP contribution in [0.3, 0.4) is 0 Å². The number of nitrogens with zero attached hydrogens (tertiary/aromatic N) is 1. The number of ether oxygens (including phenoxy) is 2. The normalized spacial score (nSPS) is 11.8. The molecule has 0 aliphatic heterocycles. The fourth-order valence-corrected chi connectivity index (χ4v) is 1.58. The molecule has 0 bridgehead atoms. The summed E-state index contributed by atoms with van der Waals surface area (Å²) < 4.78 is 10.3. The van der Waals surface area contributed by atoms with Crippen LogP contribution >= 0.6 is 0 Å². The van der Waals surface area contributed by atoms with E-state index in [0.29, 0.717) is 19.2 Å². The highest BCUT2D eigenvalue weighted by Crippen LogP contribution is 1.98. The minimum atomic E-state index is 0.566. The number of unbranched alkanes of at least 4 members (excludes halogenated alkanes) is 4. The van der Waals surface area contributed by atoms with Crippen LogP contribution in [0.15, 0.2) is 4.99 Å². The van der Waals surface area contributed by atoms with Gasteiger partial charge in [-0.2, -0.15) is 0 Å². The molecule has 0 rings (SSSR count). The lowest BCUT2D eigenvalue weighted by molar-refractivity contribution is 0.0689. The molecular formula is C14H31N3O2. The summed E-state index contributed by atoms with van der Waals surface area (Å²) in [5.41, 5.74) is 5.76. The van der Waals surface area contributed by atoms with Gasteiger partial charge in [0.25, 0.3) is 0 Å². The highest BCUT2D eigenvalue weighted by molar-refractivity contribution is 5.77. The second-order valence-corrected chi connectivity index (χ2v) is 4.57. The Bertz CT molecular complexity index is 211. The van der Waals surface area contributed by atoms with Gasteiger partial charge in [0, 0.05) is 26.8 Å². The van der Waals surface area contributed by atoms with Crippen LogP contribution in [0.25, 0.3) is 0 Å². The number of hydrogen-bond acceptors (Lipinski definition) is 3. The Morgan fingerprint density at radius 3 is 2.63 bits per heavy atom. The van der Waals surface area contributed by atoms with E-state index in [4.69, 9.17) is 15.2 Å². The van der Waals surface area contributed by atoms with Gasteiger partial charge < -0.3 is 20.5 Å². The Hall–Kier alpha value is -0.810. The quantitative estimate of drug-likeness (QED) is 0.305.